The molecule has 0 fully saturated rings. The lowest BCUT2D eigenvalue weighted by molar-refractivity contribution is 0.405. The van der Waals surface area contributed by atoms with Crippen LogP contribution in [0.4, 0.5) is 0 Å². The van der Waals surface area contributed by atoms with Crippen molar-refractivity contribution >= 4 is 21.7 Å². The van der Waals surface area contributed by atoms with Gasteiger partial charge in [-0.15, -0.1) is 0 Å². The first-order valence-electron chi connectivity index (χ1n) is 12.9. The van der Waals surface area contributed by atoms with Crippen LogP contribution in [0.15, 0.2) is 97.1 Å². The molecular weight excluding hydrogens is 502 g/mol. The predicted molar refractivity (Wildman–Crippen MR) is 158 cm³/mol. The number of fused-ring (bicyclic) bond motifs is 2. The summed E-state index contributed by atoms with van der Waals surface area (Å²) in [6, 6.07) is 30.4. The smallest absolute Gasteiger partial charge is 0.124 e. The quantitative estimate of drug-likeness (QED) is 0.198. The number of ether oxygens (including phenoxy) is 3. The molecule has 6 rings (SSSR count). The maximum absolute atomic E-state index is 11.4. The number of para-hydroxylation sites is 2. The second kappa shape index (κ2) is 10.2. The molecule has 6 nitrogen and oxygen atoms in total. The Kier molecular flexibility index (Phi) is 6.44. The van der Waals surface area contributed by atoms with Crippen LogP contribution in [0.3, 0.4) is 0 Å². The molecule has 6 aromatic rings. The van der Waals surface area contributed by atoms with Gasteiger partial charge in [0.05, 0.1) is 27.2 Å². The summed E-state index contributed by atoms with van der Waals surface area (Å²) in [6.07, 6.45) is 0. The van der Waals surface area contributed by atoms with Crippen LogP contribution in [-0.4, -0.2) is 36.5 Å². The third-order valence-electron chi connectivity index (χ3n) is 7.48. The molecule has 0 amide bonds. The first-order chi connectivity index (χ1) is 19.5. The summed E-state index contributed by atoms with van der Waals surface area (Å²) < 4.78 is 16.9. The molecule has 200 valence electrons. The monoisotopic (exact) mass is 531 g/mol. The number of methoxy groups -OCH3 is 3. The van der Waals surface area contributed by atoms with Crippen molar-refractivity contribution in [2.45, 2.75) is 5.92 Å². The number of aromatic nitrogens is 1. The Labute approximate surface area is 232 Å². The van der Waals surface area contributed by atoms with Crippen LogP contribution in [0.1, 0.15) is 22.7 Å². The first-order valence-corrected chi connectivity index (χ1v) is 12.9. The molecule has 0 unspecified atom stereocenters. The van der Waals surface area contributed by atoms with Crippen LogP contribution >= 0.6 is 0 Å². The lowest BCUT2D eigenvalue weighted by Crippen LogP contribution is -2.08. The van der Waals surface area contributed by atoms with Crippen LogP contribution < -0.4 is 14.2 Å². The van der Waals surface area contributed by atoms with Crippen LogP contribution in [0.2, 0.25) is 0 Å². The summed E-state index contributed by atoms with van der Waals surface area (Å²) in [5, 5.41) is 25.4. The van der Waals surface area contributed by atoms with Gasteiger partial charge in [-0.05, 0) is 59.3 Å². The Balaban J connectivity index is 1.77. The summed E-state index contributed by atoms with van der Waals surface area (Å²) in [7, 11) is 4.87. The van der Waals surface area contributed by atoms with Gasteiger partial charge >= 0.3 is 0 Å². The third-order valence-corrected chi connectivity index (χ3v) is 7.48. The van der Waals surface area contributed by atoms with Gasteiger partial charge in [0.25, 0.3) is 0 Å². The molecule has 0 aliphatic rings. The highest BCUT2D eigenvalue weighted by Crippen LogP contribution is 2.50. The molecule has 3 N–H and O–H groups in total. The van der Waals surface area contributed by atoms with Crippen LogP contribution in [0, 0.1) is 0 Å². The van der Waals surface area contributed by atoms with E-state index < -0.39 is 5.92 Å². The van der Waals surface area contributed by atoms with Gasteiger partial charge in [-0.25, -0.2) is 0 Å². The average Bonchev–Trinajstić information content (AvgIpc) is 3.36. The molecule has 1 heterocycles. The van der Waals surface area contributed by atoms with E-state index in [1.165, 1.54) is 0 Å². The Morgan fingerprint density at radius 3 is 2.08 bits per heavy atom. The molecule has 0 radical (unpaired) electrons. The zero-order valence-corrected chi connectivity index (χ0v) is 22.4. The van der Waals surface area contributed by atoms with Crippen LogP contribution in [-0.2, 0) is 0 Å². The molecule has 6 heteroatoms. The molecule has 0 saturated carbocycles. The van der Waals surface area contributed by atoms with Crippen molar-refractivity contribution in [3.8, 4) is 39.9 Å². The molecule has 0 spiro atoms. The van der Waals surface area contributed by atoms with Gasteiger partial charge in [-0.2, -0.15) is 0 Å². The maximum atomic E-state index is 11.4. The number of rotatable bonds is 7. The van der Waals surface area contributed by atoms with E-state index in [9.17, 15) is 10.2 Å². The molecule has 5 aromatic carbocycles. The summed E-state index contributed by atoms with van der Waals surface area (Å²) in [6.45, 7) is 0. The number of nitrogens with one attached hydrogen (secondary N) is 1. The Morgan fingerprint density at radius 1 is 0.600 bits per heavy atom. The summed E-state index contributed by atoms with van der Waals surface area (Å²) >= 11 is 0. The fourth-order valence-electron chi connectivity index (χ4n) is 5.60. The molecule has 0 aliphatic carbocycles. The molecule has 40 heavy (non-hydrogen) atoms. The van der Waals surface area contributed by atoms with Gasteiger partial charge in [0.1, 0.15) is 28.7 Å². The maximum Gasteiger partial charge on any atom is 0.124 e. The number of phenolic OH excluding ortho intramolecular Hbond substituents is 2. The minimum absolute atomic E-state index is 0.116. The molecule has 0 bridgehead atoms. The second-order valence-corrected chi connectivity index (χ2v) is 9.61. The largest absolute Gasteiger partial charge is 0.508 e. The number of phenols is 2. The number of aromatic amines is 1. The minimum atomic E-state index is -0.506. The number of hydrogen-bond acceptors (Lipinski definition) is 5. The van der Waals surface area contributed by atoms with E-state index in [4.69, 9.17) is 14.2 Å². The van der Waals surface area contributed by atoms with Gasteiger partial charge in [0, 0.05) is 38.9 Å². The Bertz CT molecular complexity index is 1860. The third kappa shape index (κ3) is 4.14. The van der Waals surface area contributed by atoms with Gasteiger partial charge in [-0.3, -0.25) is 0 Å². The van der Waals surface area contributed by atoms with E-state index in [1.54, 1.807) is 39.5 Å². The standard InChI is InChI=1S/C34H29NO5/c1-38-21-14-12-20-13-16-29(37)32(25(20)18-21)33-23-8-4-6-10-27(23)35-34(33)31(24-9-5-7-11-30(24)40-3)26-19-22(39-2)15-17-28(26)36/h4-19,31,35-37H,1-3H3/t31-/m1/s1. The van der Waals surface area contributed by atoms with Crippen LogP contribution in [0.25, 0.3) is 32.8 Å². The van der Waals surface area contributed by atoms with Gasteiger partial charge in [0.2, 0.25) is 0 Å². The van der Waals surface area contributed by atoms with Gasteiger partial charge in [-0.1, -0.05) is 48.5 Å². The molecule has 1 aromatic heterocycles. The zero-order chi connectivity index (χ0) is 27.8. The normalized spacial score (nSPS) is 12.0. The highest BCUT2D eigenvalue weighted by molar-refractivity contribution is 6.09. The van der Waals surface area contributed by atoms with E-state index in [2.05, 4.69) is 4.98 Å². The molecular formula is C34H29NO5. The first kappa shape index (κ1) is 25.2. The Morgan fingerprint density at radius 2 is 1.27 bits per heavy atom. The number of hydrogen-bond donors (Lipinski definition) is 3. The molecule has 0 saturated heterocycles. The van der Waals surface area contributed by atoms with E-state index in [-0.39, 0.29) is 11.5 Å². The van der Waals surface area contributed by atoms with E-state index in [0.29, 0.717) is 28.4 Å². The summed E-state index contributed by atoms with van der Waals surface area (Å²) in [5.74, 6) is 1.72. The number of benzene rings is 5. The van der Waals surface area contributed by atoms with Crippen molar-refractivity contribution in [1.29, 1.82) is 0 Å². The summed E-state index contributed by atoms with van der Waals surface area (Å²) in [5.41, 5.74) is 4.66. The van der Waals surface area contributed by atoms with Gasteiger partial charge in [0.15, 0.2) is 0 Å². The molecule has 1 atom stereocenters. The fourth-order valence-corrected chi connectivity index (χ4v) is 5.60. The lowest BCUT2D eigenvalue weighted by atomic mass is 9.83. The van der Waals surface area contributed by atoms with E-state index in [1.807, 2.05) is 78.9 Å². The van der Waals surface area contributed by atoms with Crippen LogP contribution in [0.5, 0.6) is 28.7 Å². The number of H-pyrrole nitrogens is 1. The number of aromatic hydroxyl groups is 2. The highest BCUT2D eigenvalue weighted by Gasteiger charge is 2.30. The van der Waals surface area contributed by atoms with Crippen molar-refractivity contribution in [3.05, 3.63) is 114 Å². The Hall–Kier alpha value is -5.10. The van der Waals surface area contributed by atoms with Crippen molar-refractivity contribution in [2.75, 3.05) is 21.3 Å². The lowest BCUT2D eigenvalue weighted by Gasteiger charge is -2.23. The van der Waals surface area contributed by atoms with Crippen molar-refractivity contribution < 1.29 is 24.4 Å². The summed E-state index contributed by atoms with van der Waals surface area (Å²) in [4.78, 5) is 3.65. The zero-order valence-electron chi connectivity index (χ0n) is 22.4. The van der Waals surface area contributed by atoms with E-state index >= 15 is 0 Å². The van der Waals surface area contributed by atoms with Crippen molar-refractivity contribution in [1.82, 2.24) is 4.98 Å². The predicted octanol–water partition coefficient (Wildman–Crippen LogP) is 7.61. The highest BCUT2D eigenvalue weighted by atomic mass is 16.5. The van der Waals surface area contributed by atoms with E-state index in [0.717, 1.165) is 38.5 Å². The second-order valence-electron chi connectivity index (χ2n) is 9.61. The average molecular weight is 532 g/mol. The fraction of sp³-hybridized carbons (Fsp3) is 0.118. The van der Waals surface area contributed by atoms with Crippen molar-refractivity contribution in [2.24, 2.45) is 0 Å². The minimum Gasteiger partial charge on any atom is -0.508 e. The molecule has 0 aliphatic heterocycles. The van der Waals surface area contributed by atoms with Crippen molar-refractivity contribution in [3.63, 3.8) is 0 Å². The van der Waals surface area contributed by atoms with Gasteiger partial charge < -0.3 is 29.4 Å². The topological polar surface area (TPSA) is 83.9 Å². The SMILES string of the molecule is COc1ccc(O)c([C@@H](c2ccccc2OC)c2[nH]c3ccccc3c2-c2c(O)ccc3ccc(OC)cc23)c1.